The highest BCUT2D eigenvalue weighted by atomic mass is 32.1. The molecular weight excluding hydrogens is 246 g/mol. The third-order valence-electron chi connectivity index (χ3n) is 2.97. The lowest BCUT2D eigenvalue weighted by Crippen LogP contribution is -2.02. The van der Waals surface area contributed by atoms with Crippen LogP contribution in [0.2, 0.25) is 0 Å². The number of H-pyrrole nitrogens is 1. The highest BCUT2D eigenvalue weighted by Gasteiger charge is 2.08. The van der Waals surface area contributed by atoms with Gasteiger partial charge in [0.25, 0.3) is 0 Å². The summed E-state index contributed by atoms with van der Waals surface area (Å²) in [4.78, 5) is 7.47. The van der Waals surface area contributed by atoms with Crippen molar-refractivity contribution in [3.63, 3.8) is 0 Å². The number of aryl methyl sites for hydroxylation is 2. The van der Waals surface area contributed by atoms with Crippen LogP contribution in [0.1, 0.15) is 11.4 Å². The number of nitrogens with zero attached hydrogens (tertiary/aromatic N) is 4. The summed E-state index contributed by atoms with van der Waals surface area (Å²) < 4.78 is 4.42. The normalized spacial score (nSPS) is 11.2. The topological polar surface area (TPSA) is 51.4 Å². The van der Waals surface area contributed by atoms with E-state index in [4.69, 9.17) is 12.2 Å². The first-order valence-corrected chi connectivity index (χ1v) is 6.08. The van der Waals surface area contributed by atoms with Gasteiger partial charge in [0, 0.05) is 7.05 Å². The number of benzene rings is 1. The van der Waals surface area contributed by atoms with Crippen molar-refractivity contribution in [2.75, 3.05) is 0 Å². The summed E-state index contributed by atoms with van der Waals surface area (Å²) >= 11 is 5.36. The molecule has 2 heterocycles. The Hall–Kier alpha value is -1.95. The molecule has 0 amide bonds. The molecule has 92 valence electrons. The first kappa shape index (κ1) is 11.2. The van der Waals surface area contributed by atoms with E-state index in [-0.39, 0.29) is 0 Å². The Morgan fingerprint density at radius 3 is 2.94 bits per heavy atom. The third-order valence-corrected chi connectivity index (χ3v) is 3.29. The van der Waals surface area contributed by atoms with Gasteiger partial charge in [-0.1, -0.05) is 12.1 Å². The summed E-state index contributed by atoms with van der Waals surface area (Å²) in [7, 11) is 1.86. The lowest BCUT2D eigenvalue weighted by molar-refractivity contribution is 0.707. The number of fused-ring (bicyclic) bond motifs is 1. The Bertz CT molecular complexity index is 764. The van der Waals surface area contributed by atoms with Crippen LogP contribution < -0.4 is 0 Å². The molecule has 0 fully saturated rings. The van der Waals surface area contributed by atoms with Gasteiger partial charge in [-0.2, -0.15) is 5.10 Å². The van der Waals surface area contributed by atoms with Gasteiger partial charge in [0.1, 0.15) is 6.33 Å². The molecular formula is C12H13N5S. The van der Waals surface area contributed by atoms with Gasteiger partial charge in [0.2, 0.25) is 0 Å². The number of aromatic nitrogens is 5. The average molecular weight is 259 g/mol. The maximum Gasteiger partial charge on any atom is 0.178 e. The van der Waals surface area contributed by atoms with Crippen molar-refractivity contribution in [1.82, 2.24) is 24.3 Å². The van der Waals surface area contributed by atoms with E-state index in [0.29, 0.717) is 11.3 Å². The molecule has 2 aromatic heterocycles. The molecule has 6 heteroatoms. The maximum atomic E-state index is 5.36. The zero-order valence-corrected chi connectivity index (χ0v) is 11.0. The Balaban J connectivity index is 2.14. The summed E-state index contributed by atoms with van der Waals surface area (Å²) in [6, 6.07) is 6.15. The van der Waals surface area contributed by atoms with Gasteiger partial charge in [0.05, 0.1) is 17.6 Å². The molecule has 0 saturated carbocycles. The number of para-hydroxylation sites is 1. The van der Waals surface area contributed by atoms with Crippen molar-refractivity contribution in [2.45, 2.75) is 13.5 Å². The lowest BCUT2D eigenvalue weighted by atomic mass is 10.2. The minimum Gasteiger partial charge on any atom is -0.330 e. The fourth-order valence-corrected chi connectivity index (χ4v) is 2.34. The summed E-state index contributed by atoms with van der Waals surface area (Å²) in [5.74, 6) is 0.760. The first-order valence-electron chi connectivity index (χ1n) is 5.68. The second kappa shape index (κ2) is 4.06. The fourth-order valence-electron chi connectivity index (χ4n) is 2.08. The maximum absolute atomic E-state index is 5.36. The molecule has 3 aromatic rings. The van der Waals surface area contributed by atoms with Crippen LogP contribution in [-0.4, -0.2) is 24.3 Å². The van der Waals surface area contributed by atoms with E-state index >= 15 is 0 Å². The number of imidazole rings is 1. The highest BCUT2D eigenvalue weighted by molar-refractivity contribution is 7.71. The molecule has 0 aliphatic carbocycles. The number of nitrogens with one attached hydrogen (secondary N) is 1. The second-order valence-corrected chi connectivity index (χ2v) is 4.71. The first-order chi connectivity index (χ1) is 8.65. The second-order valence-electron chi connectivity index (χ2n) is 4.32. The molecule has 0 unspecified atom stereocenters. The van der Waals surface area contributed by atoms with E-state index in [0.717, 1.165) is 16.9 Å². The summed E-state index contributed by atoms with van der Waals surface area (Å²) in [5.41, 5.74) is 3.36. The van der Waals surface area contributed by atoms with Gasteiger partial charge in [-0.15, -0.1) is 0 Å². The van der Waals surface area contributed by atoms with E-state index in [1.165, 1.54) is 5.56 Å². The van der Waals surface area contributed by atoms with Crippen LogP contribution in [0.3, 0.4) is 0 Å². The monoisotopic (exact) mass is 259 g/mol. The number of hydrogen-bond donors (Lipinski definition) is 1. The predicted molar refractivity (Wildman–Crippen MR) is 72.0 cm³/mol. The summed E-state index contributed by atoms with van der Waals surface area (Å²) in [5, 5.41) is 4.28. The predicted octanol–water partition coefficient (Wildman–Crippen LogP) is 2.18. The van der Waals surface area contributed by atoms with E-state index in [2.05, 4.69) is 34.1 Å². The van der Waals surface area contributed by atoms with Crippen molar-refractivity contribution < 1.29 is 0 Å². The van der Waals surface area contributed by atoms with Crippen LogP contribution in [0.5, 0.6) is 0 Å². The minimum atomic E-state index is 0.586. The van der Waals surface area contributed by atoms with Gasteiger partial charge in [-0.25, -0.2) is 4.98 Å². The van der Waals surface area contributed by atoms with Gasteiger partial charge < -0.3 is 9.55 Å². The van der Waals surface area contributed by atoms with Crippen molar-refractivity contribution >= 4 is 23.3 Å². The molecule has 0 atom stereocenters. The Labute approximate surface area is 109 Å². The average Bonchev–Trinajstić information content (AvgIpc) is 2.87. The molecule has 0 radical (unpaired) electrons. The van der Waals surface area contributed by atoms with E-state index in [1.54, 1.807) is 11.0 Å². The smallest absolute Gasteiger partial charge is 0.178 e. The molecule has 0 aliphatic rings. The number of hydrogen-bond acceptors (Lipinski definition) is 3. The Morgan fingerprint density at radius 1 is 1.39 bits per heavy atom. The minimum absolute atomic E-state index is 0.586. The third kappa shape index (κ3) is 1.74. The fraction of sp³-hybridized carbons (Fsp3) is 0.250. The largest absolute Gasteiger partial charge is 0.330 e. The number of rotatable bonds is 2. The van der Waals surface area contributed by atoms with Gasteiger partial charge in [-0.05, 0) is 30.8 Å². The van der Waals surface area contributed by atoms with E-state index in [9.17, 15) is 0 Å². The highest BCUT2D eigenvalue weighted by Crippen LogP contribution is 2.18. The van der Waals surface area contributed by atoms with Crippen LogP contribution in [0.25, 0.3) is 11.0 Å². The summed E-state index contributed by atoms with van der Waals surface area (Å²) in [6.07, 6.45) is 1.69. The van der Waals surface area contributed by atoms with E-state index in [1.807, 2.05) is 17.7 Å². The molecule has 0 bridgehead atoms. The van der Waals surface area contributed by atoms with Crippen molar-refractivity contribution in [1.29, 1.82) is 0 Å². The lowest BCUT2D eigenvalue weighted by Gasteiger charge is -2.01. The van der Waals surface area contributed by atoms with Crippen molar-refractivity contribution in [3.8, 4) is 0 Å². The standard InChI is InChI=1S/C12H13N5S/c1-8-4-3-5-9-11(8)14-12(18)17(9)6-10-13-7-16(2)15-10/h3-5,7H,6H2,1-2H3,(H,14,18). The molecule has 1 aromatic carbocycles. The Kier molecular flexibility index (Phi) is 2.52. The van der Waals surface area contributed by atoms with Crippen LogP contribution in [0, 0.1) is 11.7 Å². The quantitative estimate of drug-likeness (QED) is 0.718. The molecule has 0 spiro atoms. The van der Waals surface area contributed by atoms with E-state index < -0.39 is 0 Å². The van der Waals surface area contributed by atoms with Gasteiger partial charge >= 0.3 is 0 Å². The van der Waals surface area contributed by atoms with Gasteiger partial charge in [-0.3, -0.25) is 4.68 Å². The van der Waals surface area contributed by atoms with Gasteiger partial charge in [0.15, 0.2) is 10.6 Å². The molecule has 1 N–H and O–H groups in total. The zero-order valence-electron chi connectivity index (χ0n) is 10.2. The Morgan fingerprint density at radius 2 is 2.22 bits per heavy atom. The SMILES string of the molecule is Cc1cccc2c1[nH]c(=S)n2Cc1ncn(C)n1. The molecule has 18 heavy (non-hydrogen) atoms. The van der Waals surface area contributed by atoms with Crippen molar-refractivity contribution in [3.05, 3.63) is 40.7 Å². The molecule has 0 saturated heterocycles. The van der Waals surface area contributed by atoms with Crippen LogP contribution >= 0.6 is 12.2 Å². The van der Waals surface area contributed by atoms with Crippen LogP contribution in [-0.2, 0) is 13.6 Å². The van der Waals surface area contributed by atoms with Crippen LogP contribution in [0.15, 0.2) is 24.5 Å². The van der Waals surface area contributed by atoms with Crippen molar-refractivity contribution in [2.24, 2.45) is 7.05 Å². The zero-order chi connectivity index (χ0) is 12.7. The molecule has 3 rings (SSSR count). The number of aromatic amines is 1. The molecule has 5 nitrogen and oxygen atoms in total. The van der Waals surface area contributed by atoms with Crippen LogP contribution in [0.4, 0.5) is 0 Å². The summed E-state index contributed by atoms with van der Waals surface area (Å²) in [6.45, 7) is 2.65. The molecule has 0 aliphatic heterocycles.